The molecule has 0 amide bonds. The van der Waals surface area contributed by atoms with Crippen LogP contribution in [0.1, 0.15) is 31.9 Å². The molecule has 19 heavy (non-hydrogen) atoms. The molecule has 106 valence electrons. The molecule has 1 saturated carbocycles. The quantitative estimate of drug-likeness (QED) is 0.894. The van der Waals surface area contributed by atoms with Gasteiger partial charge in [-0.3, -0.25) is 0 Å². The number of rotatable bonds is 5. The van der Waals surface area contributed by atoms with Gasteiger partial charge in [0.25, 0.3) is 0 Å². The van der Waals surface area contributed by atoms with Crippen molar-refractivity contribution in [3.63, 3.8) is 0 Å². The molecular weight excluding hydrogens is 262 g/mol. The van der Waals surface area contributed by atoms with Crippen molar-refractivity contribution in [2.75, 3.05) is 21.3 Å². The molecule has 0 saturated heterocycles. The summed E-state index contributed by atoms with van der Waals surface area (Å²) < 4.78 is 10.6. The molecule has 0 aliphatic heterocycles. The summed E-state index contributed by atoms with van der Waals surface area (Å²) in [5.41, 5.74) is 1.46. The first-order chi connectivity index (χ1) is 8.94. The second kappa shape index (κ2) is 5.22. The van der Waals surface area contributed by atoms with E-state index in [4.69, 9.17) is 21.1 Å². The van der Waals surface area contributed by atoms with Crippen LogP contribution < -0.4 is 14.8 Å². The van der Waals surface area contributed by atoms with Crippen molar-refractivity contribution < 1.29 is 9.47 Å². The van der Waals surface area contributed by atoms with E-state index in [-0.39, 0.29) is 6.04 Å². The van der Waals surface area contributed by atoms with Gasteiger partial charge in [0.2, 0.25) is 0 Å². The van der Waals surface area contributed by atoms with E-state index in [2.05, 4.69) is 19.2 Å². The minimum atomic E-state index is 0.252. The third-order valence-electron chi connectivity index (χ3n) is 4.14. The maximum absolute atomic E-state index is 6.40. The van der Waals surface area contributed by atoms with Crippen LogP contribution in [0.5, 0.6) is 11.5 Å². The van der Waals surface area contributed by atoms with E-state index in [0.717, 1.165) is 16.3 Å². The Bertz CT molecular complexity index is 473. The zero-order valence-electron chi connectivity index (χ0n) is 12.2. The largest absolute Gasteiger partial charge is 0.493 e. The monoisotopic (exact) mass is 283 g/mol. The summed E-state index contributed by atoms with van der Waals surface area (Å²) in [5.74, 6) is 2.00. The number of methoxy groups -OCH3 is 2. The molecule has 1 aliphatic rings. The van der Waals surface area contributed by atoms with Crippen LogP contribution in [0.15, 0.2) is 12.1 Å². The Balaban J connectivity index is 2.38. The molecule has 3 nitrogen and oxygen atoms in total. The molecular formula is C15H22ClNO2. The fourth-order valence-electron chi connectivity index (χ4n) is 2.76. The fourth-order valence-corrected chi connectivity index (χ4v) is 3.03. The van der Waals surface area contributed by atoms with Crippen molar-refractivity contribution in [3.8, 4) is 11.5 Å². The van der Waals surface area contributed by atoms with Crippen LogP contribution in [0, 0.1) is 11.3 Å². The number of hydrogen-bond donors (Lipinski definition) is 1. The Hall–Kier alpha value is -0.930. The molecule has 0 heterocycles. The lowest BCUT2D eigenvalue weighted by atomic mass is 9.96. The van der Waals surface area contributed by atoms with Crippen LogP contribution in [0.3, 0.4) is 0 Å². The molecule has 2 atom stereocenters. The number of hydrogen-bond acceptors (Lipinski definition) is 3. The highest BCUT2D eigenvalue weighted by molar-refractivity contribution is 6.31. The summed E-state index contributed by atoms with van der Waals surface area (Å²) >= 11 is 6.40. The van der Waals surface area contributed by atoms with Gasteiger partial charge < -0.3 is 14.8 Å². The molecule has 4 heteroatoms. The van der Waals surface area contributed by atoms with Crippen LogP contribution in [-0.4, -0.2) is 21.3 Å². The van der Waals surface area contributed by atoms with E-state index in [1.807, 2.05) is 19.2 Å². The molecule has 1 N–H and O–H groups in total. The zero-order valence-corrected chi connectivity index (χ0v) is 13.0. The fraction of sp³-hybridized carbons (Fsp3) is 0.600. The van der Waals surface area contributed by atoms with Crippen molar-refractivity contribution in [1.29, 1.82) is 0 Å². The van der Waals surface area contributed by atoms with E-state index < -0.39 is 0 Å². The lowest BCUT2D eigenvalue weighted by Gasteiger charge is -2.21. The van der Waals surface area contributed by atoms with Crippen molar-refractivity contribution >= 4 is 11.6 Å². The van der Waals surface area contributed by atoms with Gasteiger partial charge >= 0.3 is 0 Å². The van der Waals surface area contributed by atoms with Crippen LogP contribution in [0.25, 0.3) is 0 Å². The Morgan fingerprint density at radius 3 is 2.21 bits per heavy atom. The summed E-state index contributed by atoms with van der Waals surface area (Å²) in [4.78, 5) is 0. The first kappa shape index (κ1) is 14.5. The smallest absolute Gasteiger partial charge is 0.162 e. The molecule has 1 aromatic rings. The van der Waals surface area contributed by atoms with E-state index in [1.165, 1.54) is 6.42 Å². The summed E-state index contributed by atoms with van der Waals surface area (Å²) in [6, 6.07) is 4.06. The Morgan fingerprint density at radius 2 is 1.79 bits per heavy atom. The molecule has 1 aliphatic carbocycles. The van der Waals surface area contributed by atoms with Crippen LogP contribution in [-0.2, 0) is 0 Å². The number of benzene rings is 1. The second-order valence-corrected chi connectivity index (χ2v) is 6.20. The van der Waals surface area contributed by atoms with Gasteiger partial charge in [0.15, 0.2) is 11.5 Å². The van der Waals surface area contributed by atoms with Gasteiger partial charge in [0.1, 0.15) is 0 Å². The zero-order chi connectivity index (χ0) is 14.2. The molecule has 0 radical (unpaired) electrons. The third kappa shape index (κ3) is 2.67. The van der Waals surface area contributed by atoms with Gasteiger partial charge in [0.05, 0.1) is 14.2 Å². The summed E-state index contributed by atoms with van der Waals surface area (Å²) in [6.45, 7) is 4.58. The number of halogens is 1. The first-order valence-electron chi connectivity index (χ1n) is 6.53. The van der Waals surface area contributed by atoms with Crippen molar-refractivity contribution in [2.45, 2.75) is 26.3 Å². The van der Waals surface area contributed by atoms with Gasteiger partial charge in [-0.15, -0.1) is 0 Å². The SMILES string of the molecule is CNC(c1cc(OC)c(OC)cc1Cl)C1CC1(C)C. The lowest BCUT2D eigenvalue weighted by molar-refractivity contribution is 0.353. The average Bonchev–Trinajstić information content (AvgIpc) is 3.00. The molecule has 0 aromatic heterocycles. The van der Waals surface area contributed by atoms with Crippen LogP contribution >= 0.6 is 11.6 Å². The van der Waals surface area contributed by atoms with Crippen molar-refractivity contribution in [2.24, 2.45) is 11.3 Å². The molecule has 2 unspecified atom stereocenters. The molecule has 1 aromatic carbocycles. The highest BCUT2D eigenvalue weighted by Crippen LogP contribution is 2.58. The van der Waals surface area contributed by atoms with Crippen molar-refractivity contribution in [1.82, 2.24) is 5.32 Å². The minimum absolute atomic E-state index is 0.252. The van der Waals surface area contributed by atoms with Gasteiger partial charge in [0, 0.05) is 17.1 Å². The Labute approximate surface area is 120 Å². The van der Waals surface area contributed by atoms with E-state index in [0.29, 0.717) is 17.1 Å². The maximum atomic E-state index is 6.40. The van der Waals surface area contributed by atoms with E-state index >= 15 is 0 Å². The lowest BCUT2D eigenvalue weighted by Crippen LogP contribution is -2.21. The predicted octanol–water partition coefficient (Wildman–Crippen LogP) is 3.66. The highest BCUT2D eigenvalue weighted by atomic mass is 35.5. The van der Waals surface area contributed by atoms with Gasteiger partial charge in [-0.2, -0.15) is 0 Å². The topological polar surface area (TPSA) is 30.5 Å². The van der Waals surface area contributed by atoms with Gasteiger partial charge in [-0.05, 0) is 36.4 Å². The van der Waals surface area contributed by atoms with E-state index in [9.17, 15) is 0 Å². The Kier molecular flexibility index (Phi) is 3.98. The first-order valence-corrected chi connectivity index (χ1v) is 6.91. The molecule has 0 spiro atoms. The maximum Gasteiger partial charge on any atom is 0.162 e. The number of nitrogens with one attached hydrogen (secondary N) is 1. The molecule has 0 bridgehead atoms. The summed E-state index contributed by atoms with van der Waals surface area (Å²) in [5, 5.41) is 4.11. The van der Waals surface area contributed by atoms with Crippen LogP contribution in [0.2, 0.25) is 5.02 Å². The normalized spacial score (nSPS) is 21.9. The minimum Gasteiger partial charge on any atom is -0.493 e. The standard InChI is InChI=1S/C15H22ClNO2/c1-15(2)8-10(15)14(17-3)9-6-12(18-4)13(19-5)7-11(9)16/h6-7,10,14,17H,8H2,1-5H3. The summed E-state index contributed by atoms with van der Waals surface area (Å²) in [7, 11) is 5.24. The summed E-state index contributed by atoms with van der Waals surface area (Å²) in [6.07, 6.45) is 1.21. The van der Waals surface area contributed by atoms with Gasteiger partial charge in [-0.1, -0.05) is 25.4 Å². The highest BCUT2D eigenvalue weighted by Gasteiger charge is 2.50. The van der Waals surface area contributed by atoms with Crippen LogP contribution in [0.4, 0.5) is 0 Å². The van der Waals surface area contributed by atoms with Crippen molar-refractivity contribution in [3.05, 3.63) is 22.7 Å². The predicted molar refractivity (Wildman–Crippen MR) is 78.2 cm³/mol. The third-order valence-corrected chi connectivity index (χ3v) is 4.47. The second-order valence-electron chi connectivity index (χ2n) is 5.79. The molecule has 2 rings (SSSR count). The Morgan fingerprint density at radius 1 is 1.26 bits per heavy atom. The van der Waals surface area contributed by atoms with E-state index in [1.54, 1.807) is 14.2 Å². The van der Waals surface area contributed by atoms with Gasteiger partial charge in [-0.25, -0.2) is 0 Å². The number of ether oxygens (including phenoxy) is 2. The average molecular weight is 284 g/mol. The molecule has 1 fully saturated rings.